The molecule has 148 valence electrons. The number of ketones is 2. The summed E-state index contributed by atoms with van der Waals surface area (Å²) in [6, 6.07) is 0. The summed E-state index contributed by atoms with van der Waals surface area (Å²) in [5.41, 5.74) is 0.328. The smallest absolute Gasteiger partial charge is 0.303 e. The molecule has 0 spiro atoms. The van der Waals surface area contributed by atoms with Gasteiger partial charge in [-0.3, -0.25) is 14.4 Å². The average molecular weight is 374 g/mol. The molecule has 0 amide bonds. The number of allylic oxidation sites excluding steroid dienone is 2. The normalized spacial score (nSPS) is 33.1. The Morgan fingerprint density at radius 1 is 1.15 bits per heavy atom. The molecule has 27 heavy (non-hydrogen) atoms. The van der Waals surface area contributed by atoms with Gasteiger partial charge in [-0.05, 0) is 36.5 Å². The quantitative estimate of drug-likeness (QED) is 0.448. The first kappa shape index (κ1) is 19.8. The van der Waals surface area contributed by atoms with E-state index in [-0.39, 0.29) is 28.6 Å². The molecule has 5 heteroatoms. The second-order valence-corrected chi connectivity index (χ2v) is 9.51. The Labute approximate surface area is 160 Å². The van der Waals surface area contributed by atoms with Gasteiger partial charge >= 0.3 is 5.97 Å². The Kier molecular flexibility index (Phi) is 4.64. The number of rotatable bonds is 2. The number of carbonyl (C=O) groups is 3. The van der Waals surface area contributed by atoms with Gasteiger partial charge in [0.25, 0.3) is 0 Å². The van der Waals surface area contributed by atoms with Crippen LogP contribution in [-0.4, -0.2) is 28.7 Å². The summed E-state index contributed by atoms with van der Waals surface area (Å²) in [6.07, 6.45) is 2.62. The van der Waals surface area contributed by atoms with Gasteiger partial charge < -0.3 is 9.84 Å². The fourth-order valence-corrected chi connectivity index (χ4v) is 5.79. The number of fused-ring (bicyclic) bond motifs is 2. The molecule has 0 radical (unpaired) electrons. The van der Waals surface area contributed by atoms with Crippen LogP contribution in [-0.2, 0) is 19.1 Å². The molecule has 3 aliphatic rings. The van der Waals surface area contributed by atoms with Crippen LogP contribution in [0.4, 0.5) is 0 Å². The van der Waals surface area contributed by atoms with Crippen LogP contribution in [0.3, 0.4) is 0 Å². The monoisotopic (exact) mass is 374 g/mol. The zero-order chi connectivity index (χ0) is 20.3. The molecule has 0 saturated heterocycles. The second kappa shape index (κ2) is 6.32. The highest BCUT2D eigenvalue weighted by Crippen LogP contribution is 2.61. The molecule has 0 heterocycles. The number of hydrogen-bond donors (Lipinski definition) is 1. The van der Waals surface area contributed by atoms with Crippen LogP contribution in [0.1, 0.15) is 67.2 Å². The number of aliphatic hydroxyl groups is 1. The van der Waals surface area contributed by atoms with Crippen molar-refractivity contribution < 1.29 is 24.2 Å². The summed E-state index contributed by atoms with van der Waals surface area (Å²) >= 11 is 0. The van der Waals surface area contributed by atoms with Crippen LogP contribution >= 0.6 is 0 Å². The maximum absolute atomic E-state index is 13.2. The molecule has 0 bridgehead atoms. The molecule has 1 N–H and O–H groups in total. The molecule has 0 aromatic carbocycles. The van der Waals surface area contributed by atoms with Crippen molar-refractivity contribution in [1.29, 1.82) is 0 Å². The zero-order valence-corrected chi connectivity index (χ0v) is 17.1. The third-order valence-electron chi connectivity index (χ3n) is 6.92. The third-order valence-corrected chi connectivity index (χ3v) is 6.92. The zero-order valence-electron chi connectivity index (χ0n) is 17.1. The first-order chi connectivity index (χ1) is 12.4. The van der Waals surface area contributed by atoms with Gasteiger partial charge in [0, 0.05) is 29.1 Å². The summed E-state index contributed by atoms with van der Waals surface area (Å²) < 4.78 is 5.58. The van der Waals surface area contributed by atoms with Gasteiger partial charge in [0.1, 0.15) is 11.9 Å². The maximum atomic E-state index is 13.2. The van der Waals surface area contributed by atoms with Crippen molar-refractivity contribution in [1.82, 2.24) is 0 Å². The van der Waals surface area contributed by atoms with Crippen molar-refractivity contribution in [2.45, 2.75) is 73.3 Å². The van der Waals surface area contributed by atoms with Crippen molar-refractivity contribution >= 4 is 17.5 Å². The van der Waals surface area contributed by atoms with Crippen LogP contribution in [0.5, 0.6) is 0 Å². The van der Waals surface area contributed by atoms with E-state index >= 15 is 0 Å². The van der Waals surface area contributed by atoms with Gasteiger partial charge in [0.15, 0.2) is 0 Å². The molecule has 3 aliphatic carbocycles. The van der Waals surface area contributed by atoms with Crippen LogP contribution < -0.4 is 0 Å². The number of esters is 1. The number of ether oxygens (including phenoxy) is 1. The highest BCUT2D eigenvalue weighted by molar-refractivity contribution is 6.50. The van der Waals surface area contributed by atoms with E-state index < -0.39 is 29.1 Å². The molecule has 0 aliphatic heterocycles. The molecule has 1 fully saturated rings. The highest BCUT2D eigenvalue weighted by Gasteiger charge is 2.58. The minimum Gasteiger partial charge on any atom is -0.507 e. The molecule has 1 saturated carbocycles. The second-order valence-electron chi connectivity index (χ2n) is 9.51. The molecular weight excluding hydrogens is 344 g/mol. The molecule has 3 atom stereocenters. The van der Waals surface area contributed by atoms with Crippen LogP contribution in [0.2, 0.25) is 0 Å². The minimum absolute atomic E-state index is 0.0507. The maximum Gasteiger partial charge on any atom is 0.303 e. The van der Waals surface area contributed by atoms with Gasteiger partial charge in [-0.1, -0.05) is 41.0 Å². The highest BCUT2D eigenvalue weighted by atomic mass is 16.5. The molecule has 5 nitrogen and oxygen atoms in total. The number of carbonyl (C=O) groups excluding carboxylic acids is 3. The van der Waals surface area contributed by atoms with Crippen LogP contribution in [0.15, 0.2) is 22.5 Å². The standard InChI is InChI=1S/C22H30O5/c1-11(2)15-18(24)16-13(27-12(3)23)10-14-21(4,5)8-7-9-22(14,6)17(16)20(26)19(15)25/h11,13-14,24H,7-10H2,1-6H3/t13-,14+,22+/m1/s1. The molecule has 0 aromatic heterocycles. The van der Waals surface area contributed by atoms with Crippen molar-refractivity contribution in [3.05, 3.63) is 22.5 Å². The summed E-state index contributed by atoms with van der Waals surface area (Å²) in [7, 11) is 0. The van der Waals surface area contributed by atoms with Gasteiger partial charge in [-0.2, -0.15) is 0 Å². The Morgan fingerprint density at radius 2 is 1.78 bits per heavy atom. The van der Waals surface area contributed by atoms with E-state index in [2.05, 4.69) is 13.8 Å². The average Bonchev–Trinajstić information content (AvgIpc) is 2.52. The van der Waals surface area contributed by atoms with Gasteiger partial charge in [-0.15, -0.1) is 0 Å². The first-order valence-electron chi connectivity index (χ1n) is 9.86. The van der Waals surface area contributed by atoms with E-state index in [0.29, 0.717) is 17.6 Å². The fourth-order valence-electron chi connectivity index (χ4n) is 5.79. The van der Waals surface area contributed by atoms with Gasteiger partial charge in [0.05, 0.1) is 0 Å². The van der Waals surface area contributed by atoms with E-state index in [4.69, 9.17) is 4.74 Å². The van der Waals surface area contributed by atoms with Crippen molar-refractivity contribution in [3.8, 4) is 0 Å². The van der Waals surface area contributed by atoms with Crippen molar-refractivity contribution in [2.75, 3.05) is 0 Å². The Morgan fingerprint density at radius 3 is 2.33 bits per heavy atom. The van der Waals surface area contributed by atoms with E-state index in [1.807, 2.05) is 6.92 Å². The number of hydrogen-bond acceptors (Lipinski definition) is 5. The van der Waals surface area contributed by atoms with Gasteiger partial charge in [0.2, 0.25) is 11.6 Å². The Hall–Kier alpha value is -1.91. The number of aliphatic hydroxyl groups excluding tert-OH is 1. The lowest BCUT2D eigenvalue weighted by atomic mass is 9.48. The predicted molar refractivity (Wildman–Crippen MR) is 101 cm³/mol. The predicted octanol–water partition coefficient (Wildman–Crippen LogP) is 4.07. The molecule has 3 rings (SSSR count). The van der Waals surface area contributed by atoms with Gasteiger partial charge in [-0.25, -0.2) is 0 Å². The fraction of sp³-hybridized carbons (Fsp3) is 0.682. The lowest BCUT2D eigenvalue weighted by molar-refractivity contribution is -0.149. The summed E-state index contributed by atoms with van der Waals surface area (Å²) in [5, 5.41) is 11.0. The summed E-state index contributed by atoms with van der Waals surface area (Å²) in [6.45, 7) is 11.3. The number of Topliss-reactive ketones (excluding diaryl/α,β-unsaturated/α-hetero) is 2. The lowest BCUT2D eigenvalue weighted by Gasteiger charge is -2.56. The van der Waals surface area contributed by atoms with E-state index in [9.17, 15) is 19.5 Å². The molecular formula is C22H30O5. The SMILES string of the molecule is CC(=O)O[C@@H]1C[C@H]2C(C)(C)CCC[C@]2(C)C2=C1C(O)=C(C(C)C)C(=O)C2=O. The third kappa shape index (κ3) is 2.86. The van der Waals surface area contributed by atoms with Crippen LogP contribution in [0, 0.1) is 22.7 Å². The minimum atomic E-state index is -0.696. The first-order valence-corrected chi connectivity index (χ1v) is 9.86. The molecule has 0 aromatic rings. The van der Waals surface area contributed by atoms with Crippen molar-refractivity contribution in [2.24, 2.45) is 22.7 Å². The largest absolute Gasteiger partial charge is 0.507 e. The Balaban J connectivity index is 2.30. The van der Waals surface area contributed by atoms with E-state index in [1.165, 1.54) is 6.92 Å². The summed E-state index contributed by atoms with van der Waals surface area (Å²) in [5.74, 6) is -1.96. The van der Waals surface area contributed by atoms with E-state index in [1.54, 1.807) is 13.8 Å². The van der Waals surface area contributed by atoms with E-state index in [0.717, 1.165) is 19.3 Å². The lowest BCUT2D eigenvalue weighted by Crippen LogP contribution is -2.53. The molecule has 0 unspecified atom stereocenters. The summed E-state index contributed by atoms with van der Waals surface area (Å²) in [4.78, 5) is 37.8. The van der Waals surface area contributed by atoms with Crippen molar-refractivity contribution in [3.63, 3.8) is 0 Å². The van der Waals surface area contributed by atoms with Crippen LogP contribution in [0.25, 0.3) is 0 Å². The topological polar surface area (TPSA) is 80.7 Å². The Bertz CT molecular complexity index is 783.